The van der Waals surface area contributed by atoms with Gasteiger partial charge >= 0.3 is 0 Å². The average molecular weight is 260 g/mol. The summed E-state index contributed by atoms with van der Waals surface area (Å²) in [5.41, 5.74) is 2.29. The molecular formula is C14H16N2O3. The molecule has 100 valence electrons. The number of aliphatic hydroxyl groups excluding tert-OH is 3. The Balaban J connectivity index is 2.11. The molecule has 1 aromatic carbocycles. The van der Waals surface area contributed by atoms with E-state index in [2.05, 4.69) is 4.98 Å². The van der Waals surface area contributed by atoms with E-state index in [9.17, 15) is 15.3 Å². The Kier molecular flexibility index (Phi) is 3.10. The predicted octanol–water partition coefficient (Wildman–Crippen LogP) is 0.269. The highest BCUT2D eigenvalue weighted by Gasteiger charge is 2.30. The zero-order valence-corrected chi connectivity index (χ0v) is 10.4. The number of nitrogens with zero attached hydrogens (tertiary/aromatic N) is 2. The molecule has 1 aliphatic heterocycles. The Labute approximate surface area is 110 Å². The van der Waals surface area contributed by atoms with Crippen molar-refractivity contribution in [1.29, 1.82) is 0 Å². The number of aromatic nitrogens is 1. The van der Waals surface area contributed by atoms with E-state index in [1.54, 1.807) is 0 Å². The first-order chi connectivity index (χ1) is 9.19. The minimum Gasteiger partial charge on any atom is -0.390 e. The topological polar surface area (TPSA) is 76.8 Å². The Morgan fingerprint density at radius 3 is 2.53 bits per heavy atom. The van der Waals surface area contributed by atoms with Gasteiger partial charge < -0.3 is 20.2 Å². The normalized spacial score (nSPS) is 23.2. The van der Waals surface area contributed by atoms with E-state index in [0.29, 0.717) is 18.8 Å². The van der Waals surface area contributed by atoms with E-state index in [1.165, 1.54) is 0 Å². The zero-order valence-electron chi connectivity index (χ0n) is 10.4. The third kappa shape index (κ3) is 2.16. The molecule has 0 saturated carbocycles. The van der Waals surface area contributed by atoms with Gasteiger partial charge in [-0.05, 0) is 12.1 Å². The molecule has 2 unspecified atom stereocenters. The van der Waals surface area contributed by atoms with Crippen molar-refractivity contribution >= 4 is 16.6 Å². The minimum atomic E-state index is -0.732. The maximum absolute atomic E-state index is 9.67. The second-order valence-corrected chi connectivity index (χ2v) is 4.85. The van der Waals surface area contributed by atoms with Crippen molar-refractivity contribution in [1.82, 2.24) is 4.98 Å². The highest BCUT2D eigenvalue weighted by atomic mass is 16.3. The lowest BCUT2D eigenvalue weighted by atomic mass is 10.1. The predicted molar refractivity (Wildman–Crippen MR) is 71.9 cm³/mol. The van der Waals surface area contributed by atoms with E-state index >= 15 is 0 Å². The Hall–Kier alpha value is -1.69. The van der Waals surface area contributed by atoms with E-state index < -0.39 is 12.2 Å². The van der Waals surface area contributed by atoms with E-state index in [1.807, 2.05) is 35.2 Å². The molecule has 0 spiro atoms. The molecule has 3 N–H and O–H groups in total. The maximum Gasteiger partial charge on any atom is 0.0990 e. The summed E-state index contributed by atoms with van der Waals surface area (Å²) in [6.07, 6.45) is -1.46. The minimum absolute atomic E-state index is 0.128. The Bertz CT molecular complexity index is 592. The van der Waals surface area contributed by atoms with Gasteiger partial charge in [-0.3, -0.25) is 4.98 Å². The van der Waals surface area contributed by atoms with E-state index in [-0.39, 0.29) is 6.61 Å². The summed E-state index contributed by atoms with van der Waals surface area (Å²) >= 11 is 0. The second kappa shape index (κ2) is 4.77. The lowest BCUT2D eigenvalue weighted by molar-refractivity contribution is 0.0572. The van der Waals surface area contributed by atoms with Crippen molar-refractivity contribution in [2.45, 2.75) is 18.8 Å². The van der Waals surface area contributed by atoms with Gasteiger partial charge in [0.25, 0.3) is 0 Å². The van der Waals surface area contributed by atoms with Crippen LogP contribution >= 0.6 is 0 Å². The van der Waals surface area contributed by atoms with Crippen LogP contribution in [0.25, 0.3) is 10.9 Å². The van der Waals surface area contributed by atoms with Crippen LogP contribution < -0.4 is 4.90 Å². The first-order valence-corrected chi connectivity index (χ1v) is 6.29. The molecule has 1 aliphatic rings. The molecule has 5 heteroatoms. The van der Waals surface area contributed by atoms with E-state index in [0.717, 1.165) is 16.6 Å². The number of para-hydroxylation sites is 1. The quantitative estimate of drug-likeness (QED) is 0.722. The van der Waals surface area contributed by atoms with Crippen molar-refractivity contribution in [3.8, 4) is 0 Å². The zero-order chi connectivity index (χ0) is 13.4. The van der Waals surface area contributed by atoms with Gasteiger partial charge in [0.1, 0.15) is 0 Å². The lowest BCUT2D eigenvalue weighted by Gasteiger charge is -2.20. The van der Waals surface area contributed by atoms with Crippen LogP contribution in [0, 0.1) is 0 Å². The van der Waals surface area contributed by atoms with Crippen LogP contribution in [0.3, 0.4) is 0 Å². The number of anilines is 1. The van der Waals surface area contributed by atoms with Crippen LogP contribution in [0.4, 0.5) is 5.69 Å². The third-order valence-electron chi connectivity index (χ3n) is 3.51. The summed E-state index contributed by atoms with van der Waals surface area (Å²) in [4.78, 5) is 6.29. The smallest absolute Gasteiger partial charge is 0.0990 e. The van der Waals surface area contributed by atoms with Crippen molar-refractivity contribution in [2.75, 3.05) is 18.0 Å². The molecule has 0 bridgehead atoms. The average Bonchev–Trinajstić information content (AvgIpc) is 2.77. The van der Waals surface area contributed by atoms with Crippen LogP contribution in [0.15, 0.2) is 30.3 Å². The van der Waals surface area contributed by atoms with Gasteiger partial charge in [0.05, 0.1) is 30.0 Å². The molecule has 1 fully saturated rings. The Morgan fingerprint density at radius 2 is 1.84 bits per heavy atom. The third-order valence-corrected chi connectivity index (χ3v) is 3.51. The molecule has 0 amide bonds. The molecule has 1 saturated heterocycles. The summed E-state index contributed by atoms with van der Waals surface area (Å²) in [5, 5.41) is 29.6. The number of hydrogen-bond acceptors (Lipinski definition) is 5. The van der Waals surface area contributed by atoms with Gasteiger partial charge in [-0.25, -0.2) is 0 Å². The summed E-state index contributed by atoms with van der Waals surface area (Å²) in [7, 11) is 0. The molecule has 1 aromatic heterocycles. The highest BCUT2D eigenvalue weighted by Crippen LogP contribution is 2.29. The van der Waals surface area contributed by atoms with Crippen LogP contribution in [0.2, 0.25) is 0 Å². The number of fused-ring (bicyclic) bond motifs is 1. The largest absolute Gasteiger partial charge is 0.390 e. The van der Waals surface area contributed by atoms with Crippen LogP contribution in [-0.2, 0) is 6.61 Å². The number of benzene rings is 1. The first-order valence-electron chi connectivity index (χ1n) is 6.29. The molecule has 2 aromatic rings. The fourth-order valence-corrected chi connectivity index (χ4v) is 2.52. The molecular weight excluding hydrogens is 244 g/mol. The van der Waals surface area contributed by atoms with Gasteiger partial charge in [0, 0.05) is 24.2 Å². The summed E-state index contributed by atoms with van der Waals surface area (Å²) in [6.45, 7) is 0.650. The van der Waals surface area contributed by atoms with Crippen molar-refractivity contribution in [2.24, 2.45) is 0 Å². The lowest BCUT2D eigenvalue weighted by Crippen LogP contribution is -2.22. The molecule has 2 atom stereocenters. The van der Waals surface area contributed by atoms with Crippen molar-refractivity contribution in [3.05, 3.63) is 36.0 Å². The molecule has 5 nitrogen and oxygen atoms in total. The van der Waals surface area contributed by atoms with Crippen LogP contribution in [-0.4, -0.2) is 45.6 Å². The molecule has 0 aliphatic carbocycles. The molecule has 2 heterocycles. The number of hydrogen-bond donors (Lipinski definition) is 3. The van der Waals surface area contributed by atoms with Crippen LogP contribution in [0.1, 0.15) is 5.69 Å². The number of pyridine rings is 1. The summed E-state index contributed by atoms with van der Waals surface area (Å²) in [6, 6.07) is 9.48. The molecule has 0 radical (unpaired) electrons. The van der Waals surface area contributed by atoms with Gasteiger partial charge in [-0.1, -0.05) is 18.2 Å². The number of β-amino-alcohol motifs (C(OH)–C–C–N with tert-alkyl or cyclic N) is 2. The summed E-state index contributed by atoms with van der Waals surface area (Å²) < 4.78 is 0. The summed E-state index contributed by atoms with van der Waals surface area (Å²) in [5.74, 6) is 0. The van der Waals surface area contributed by atoms with E-state index in [4.69, 9.17) is 0 Å². The van der Waals surface area contributed by atoms with Crippen molar-refractivity contribution in [3.63, 3.8) is 0 Å². The maximum atomic E-state index is 9.67. The highest BCUT2D eigenvalue weighted by molar-refractivity contribution is 5.92. The fourth-order valence-electron chi connectivity index (χ4n) is 2.52. The van der Waals surface area contributed by atoms with Gasteiger partial charge in [-0.2, -0.15) is 0 Å². The fraction of sp³-hybridized carbons (Fsp3) is 0.357. The van der Waals surface area contributed by atoms with Gasteiger partial charge in [-0.15, -0.1) is 0 Å². The number of aliphatic hydroxyl groups is 3. The van der Waals surface area contributed by atoms with Gasteiger partial charge in [0.2, 0.25) is 0 Å². The first kappa shape index (κ1) is 12.3. The Morgan fingerprint density at radius 1 is 1.16 bits per heavy atom. The standard InChI is InChI=1S/C14H16N2O3/c17-8-9-5-12(16-6-13(18)14(19)7-16)10-3-1-2-4-11(10)15-9/h1-5,13-14,17-19H,6-8H2. The SMILES string of the molecule is OCc1cc(N2CC(O)C(O)C2)c2ccccc2n1. The molecule has 19 heavy (non-hydrogen) atoms. The molecule has 3 rings (SSSR count). The van der Waals surface area contributed by atoms with Gasteiger partial charge in [0.15, 0.2) is 0 Å². The van der Waals surface area contributed by atoms with Crippen LogP contribution in [0.5, 0.6) is 0 Å². The second-order valence-electron chi connectivity index (χ2n) is 4.85. The number of rotatable bonds is 2. The van der Waals surface area contributed by atoms with Crippen molar-refractivity contribution < 1.29 is 15.3 Å². The monoisotopic (exact) mass is 260 g/mol.